The number of carbonyl (C=O) groups excluding carboxylic acids is 1. The van der Waals surface area contributed by atoms with E-state index in [1.807, 2.05) is 13.8 Å². The van der Waals surface area contributed by atoms with Crippen LogP contribution < -0.4 is 10.6 Å². The molecule has 0 aliphatic heterocycles. The van der Waals surface area contributed by atoms with Gasteiger partial charge >= 0.3 is 6.03 Å². The van der Waals surface area contributed by atoms with Gasteiger partial charge in [-0.05, 0) is 25.0 Å². The average Bonchev–Trinajstić information content (AvgIpc) is 2.39. The maximum atomic E-state index is 13.3. The third-order valence-corrected chi connectivity index (χ3v) is 3.46. The Morgan fingerprint density at radius 2 is 2.10 bits per heavy atom. The largest absolute Gasteiger partial charge is 0.388 e. The Morgan fingerprint density at radius 1 is 1.45 bits per heavy atom. The van der Waals surface area contributed by atoms with Gasteiger partial charge in [0.15, 0.2) is 0 Å². The maximum absolute atomic E-state index is 13.3. The Morgan fingerprint density at radius 3 is 2.65 bits per heavy atom. The van der Waals surface area contributed by atoms with Crippen LogP contribution in [0.4, 0.5) is 19.3 Å². The van der Waals surface area contributed by atoms with Crippen LogP contribution in [0.15, 0.2) is 18.2 Å². The molecule has 2 unspecified atom stereocenters. The van der Waals surface area contributed by atoms with E-state index in [0.29, 0.717) is 6.07 Å². The number of hydrogen-bond acceptors (Lipinski definition) is 2. The minimum Gasteiger partial charge on any atom is -0.388 e. The number of benzene rings is 1. The molecule has 1 aromatic rings. The minimum atomic E-state index is -1.05. The van der Waals surface area contributed by atoms with Gasteiger partial charge in [0.25, 0.3) is 0 Å². The van der Waals surface area contributed by atoms with Crippen molar-refractivity contribution in [3.8, 4) is 0 Å². The number of halogens is 2. The first-order valence-electron chi connectivity index (χ1n) is 6.48. The molecule has 0 aromatic heterocycles. The van der Waals surface area contributed by atoms with Gasteiger partial charge < -0.3 is 15.7 Å². The van der Waals surface area contributed by atoms with Crippen molar-refractivity contribution in [2.45, 2.75) is 32.8 Å². The number of anilines is 1. The quantitative estimate of drug-likeness (QED) is 0.779. The van der Waals surface area contributed by atoms with E-state index in [2.05, 4.69) is 10.6 Å². The van der Waals surface area contributed by atoms with Crippen molar-refractivity contribution >= 4 is 11.7 Å². The smallest absolute Gasteiger partial charge is 0.319 e. The van der Waals surface area contributed by atoms with Gasteiger partial charge in [0, 0.05) is 12.6 Å². The third-order valence-electron chi connectivity index (χ3n) is 3.46. The Labute approximate surface area is 117 Å². The Balaban J connectivity index is 2.56. The lowest BCUT2D eigenvalue weighted by atomic mass is 9.89. The maximum Gasteiger partial charge on any atom is 0.319 e. The molecule has 6 heteroatoms. The molecule has 0 spiro atoms. The van der Waals surface area contributed by atoms with Gasteiger partial charge in [0.05, 0.1) is 11.3 Å². The first-order chi connectivity index (χ1) is 9.26. The van der Waals surface area contributed by atoms with Crippen LogP contribution in [0.2, 0.25) is 0 Å². The van der Waals surface area contributed by atoms with Crippen LogP contribution in [0.1, 0.15) is 27.2 Å². The summed E-state index contributed by atoms with van der Waals surface area (Å²) in [5.74, 6) is -1.56. The molecule has 1 aromatic carbocycles. The van der Waals surface area contributed by atoms with E-state index in [1.54, 1.807) is 6.92 Å². The fraction of sp³-hybridized carbons (Fsp3) is 0.500. The molecule has 2 amide bonds. The van der Waals surface area contributed by atoms with Gasteiger partial charge in [0.2, 0.25) is 0 Å². The van der Waals surface area contributed by atoms with Crippen LogP contribution in [-0.4, -0.2) is 23.3 Å². The highest BCUT2D eigenvalue weighted by atomic mass is 19.1. The third kappa shape index (κ3) is 4.45. The van der Waals surface area contributed by atoms with Crippen molar-refractivity contribution in [1.29, 1.82) is 0 Å². The molecule has 2 atom stereocenters. The van der Waals surface area contributed by atoms with Crippen molar-refractivity contribution in [3.05, 3.63) is 29.8 Å². The van der Waals surface area contributed by atoms with E-state index in [-0.39, 0.29) is 18.2 Å². The molecule has 20 heavy (non-hydrogen) atoms. The van der Waals surface area contributed by atoms with Gasteiger partial charge in [-0.2, -0.15) is 0 Å². The van der Waals surface area contributed by atoms with Crippen molar-refractivity contribution < 1.29 is 18.7 Å². The van der Waals surface area contributed by atoms with E-state index >= 15 is 0 Å². The van der Waals surface area contributed by atoms with Crippen LogP contribution >= 0.6 is 0 Å². The molecular weight excluding hydrogens is 266 g/mol. The van der Waals surface area contributed by atoms with Crippen molar-refractivity contribution in [2.75, 3.05) is 11.9 Å². The van der Waals surface area contributed by atoms with Crippen molar-refractivity contribution in [3.63, 3.8) is 0 Å². The SMILES string of the molecule is CCC(C)C(C)(O)CNC(=O)Nc1ccc(F)cc1F. The average molecular weight is 286 g/mol. The Kier molecular flexibility index (Phi) is 5.44. The Bertz CT molecular complexity index is 478. The van der Waals surface area contributed by atoms with Crippen molar-refractivity contribution in [1.82, 2.24) is 5.32 Å². The van der Waals surface area contributed by atoms with E-state index in [9.17, 15) is 18.7 Å². The molecule has 112 valence electrons. The van der Waals surface area contributed by atoms with Crippen LogP contribution in [0.3, 0.4) is 0 Å². The molecule has 0 fully saturated rings. The molecule has 0 aliphatic carbocycles. The summed E-state index contributed by atoms with van der Waals surface area (Å²) in [6.07, 6.45) is 0.767. The highest BCUT2D eigenvalue weighted by Crippen LogP contribution is 2.19. The lowest BCUT2D eigenvalue weighted by molar-refractivity contribution is 0.00827. The van der Waals surface area contributed by atoms with Gasteiger partial charge in [-0.1, -0.05) is 20.3 Å². The standard InChI is InChI=1S/C14H20F2N2O2/c1-4-9(2)14(3,20)8-17-13(19)18-12-6-5-10(15)7-11(12)16/h5-7,9,20H,4,8H2,1-3H3,(H2,17,18,19). The molecule has 0 aliphatic rings. The summed E-state index contributed by atoms with van der Waals surface area (Å²) < 4.78 is 26.1. The van der Waals surface area contributed by atoms with Crippen LogP contribution in [-0.2, 0) is 0 Å². The lowest BCUT2D eigenvalue weighted by Gasteiger charge is -2.29. The predicted octanol–water partition coefficient (Wildman–Crippen LogP) is 2.88. The molecule has 0 heterocycles. The normalized spacial score (nSPS) is 15.3. The number of amides is 2. The molecule has 0 saturated heterocycles. The number of urea groups is 1. The van der Waals surface area contributed by atoms with Gasteiger partial charge in [0.1, 0.15) is 11.6 Å². The summed E-state index contributed by atoms with van der Waals surface area (Å²) in [5, 5.41) is 14.9. The number of hydrogen-bond donors (Lipinski definition) is 3. The molecule has 4 nitrogen and oxygen atoms in total. The number of rotatable bonds is 5. The highest BCUT2D eigenvalue weighted by Gasteiger charge is 2.27. The van der Waals surface area contributed by atoms with E-state index in [4.69, 9.17) is 0 Å². The fourth-order valence-corrected chi connectivity index (χ4v) is 1.63. The molecule has 0 saturated carbocycles. The van der Waals surface area contributed by atoms with Crippen LogP contribution in [0.25, 0.3) is 0 Å². The first-order valence-corrected chi connectivity index (χ1v) is 6.48. The Hall–Kier alpha value is -1.69. The fourth-order valence-electron chi connectivity index (χ4n) is 1.63. The molecule has 0 radical (unpaired) electrons. The second-order valence-corrected chi connectivity index (χ2v) is 5.10. The second-order valence-electron chi connectivity index (χ2n) is 5.10. The summed E-state index contributed by atoms with van der Waals surface area (Å²) in [6.45, 7) is 5.48. The summed E-state index contributed by atoms with van der Waals surface area (Å²) in [5.41, 5.74) is -1.17. The van der Waals surface area contributed by atoms with E-state index in [1.165, 1.54) is 0 Å². The topological polar surface area (TPSA) is 61.4 Å². The van der Waals surface area contributed by atoms with Gasteiger partial charge in [-0.15, -0.1) is 0 Å². The molecular formula is C14H20F2N2O2. The zero-order valence-corrected chi connectivity index (χ0v) is 11.8. The summed E-state index contributed by atoms with van der Waals surface area (Å²) >= 11 is 0. The van der Waals surface area contributed by atoms with E-state index in [0.717, 1.165) is 18.6 Å². The van der Waals surface area contributed by atoms with Gasteiger partial charge in [-0.25, -0.2) is 13.6 Å². The summed E-state index contributed by atoms with van der Waals surface area (Å²) in [4.78, 5) is 11.6. The zero-order valence-electron chi connectivity index (χ0n) is 11.8. The lowest BCUT2D eigenvalue weighted by Crippen LogP contribution is -2.46. The molecule has 1 rings (SSSR count). The number of aliphatic hydroxyl groups is 1. The highest BCUT2D eigenvalue weighted by molar-refractivity contribution is 5.89. The van der Waals surface area contributed by atoms with Gasteiger partial charge in [-0.3, -0.25) is 0 Å². The zero-order chi connectivity index (χ0) is 15.3. The second kappa shape index (κ2) is 6.65. The monoisotopic (exact) mass is 286 g/mol. The minimum absolute atomic E-state index is 0.00496. The predicted molar refractivity (Wildman–Crippen MR) is 73.5 cm³/mol. The van der Waals surface area contributed by atoms with Crippen LogP contribution in [0.5, 0.6) is 0 Å². The van der Waals surface area contributed by atoms with Crippen LogP contribution in [0, 0.1) is 17.6 Å². The number of nitrogens with one attached hydrogen (secondary N) is 2. The number of carbonyl (C=O) groups is 1. The molecule has 3 N–H and O–H groups in total. The summed E-state index contributed by atoms with van der Waals surface area (Å²) in [6, 6.07) is 2.22. The molecule has 0 bridgehead atoms. The first kappa shape index (κ1) is 16.4. The van der Waals surface area contributed by atoms with E-state index < -0.39 is 23.3 Å². The summed E-state index contributed by atoms with van der Waals surface area (Å²) in [7, 11) is 0. The van der Waals surface area contributed by atoms with Crippen molar-refractivity contribution in [2.24, 2.45) is 5.92 Å².